The molecule has 0 fully saturated rings. The lowest BCUT2D eigenvalue weighted by atomic mass is 10.1. The van der Waals surface area contributed by atoms with Crippen molar-refractivity contribution in [1.82, 2.24) is 15.2 Å². The Kier molecular flexibility index (Phi) is 7.18. The van der Waals surface area contributed by atoms with Gasteiger partial charge in [-0.15, -0.1) is 0 Å². The van der Waals surface area contributed by atoms with E-state index in [1.54, 1.807) is 0 Å². The topological polar surface area (TPSA) is 66.6 Å². The normalized spacial score (nSPS) is 12.7. The highest BCUT2D eigenvalue weighted by atomic mass is 32.1. The standard InChI is InChI=1S/C26H31N3O3S/c1-17(2)15-27-26(33)29(8-7-19-6-4-5-18(3)11-19)16-21-12-20-13-23-24(32-10-9-31-23)14-22(20)28-25(21)30/h4-6,11-14,17H,7-10,15-16H2,1-3H3,(H,27,33)(H,28,30). The van der Waals surface area contributed by atoms with Gasteiger partial charge in [0.05, 0.1) is 12.1 Å². The molecule has 6 nitrogen and oxygen atoms in total. The molecular formula is C26H31N3O3S. The zero-order chi connectivity index (χ0) is 23.4. The minimum atomic E-state index is -0.119. The zero-order valence-corrected chi connectivity index (χ0v) is 20.3. The third-order valence-electron chi connectivity index (χ3n) is 5.65. The van der Waals surface area contributed by atoms with Gasteiger partial charge in [-0.2, -0.15) is 0 Å². The summed E-state index contributed by atoms with van der Waals surface area (Å²) in [6, 6.07) is 14.2. The summed E-state index contributed by atoms with van der Waals surface area (Å²) >= 11 is 5.72. The Balaban J connectivity index is 1.58. The maximum atomic E-state index is 12.9. The number of hydrogen-bond donors (Lipinski definition) is 2. The number of thiocarbonyl (C=S) groups is 1. The number of ether oxygens (including phenoxy) is 2. The van der Waals surface area contributed by atoms with Crippen LogP contribution < -0.4 is 20.3 Å². The predicted octanol–water partition coefficient (Wildman–Crippen LogP) is 4.18. The number of aromatic nitrogens is 1. The van der Waals surface area contributed by atoms with Crippen molar-refractivity contribution in [1.29, 1.82) is 0 Å². The lowest BCUT2D eigenvalue weighted by molar-refractivity contribution is 0.172. The lowest BCUT2D eigenvalue weighted by Crippen LogP contribution is -2.42. The van der Waals surface area contributed by atoms with Crippen molar-refractivity contribution in [3.8, 4) is 11.5 Å². The SMILES string of the molecule is Cc1cccc(CCN(Cc2cc3cc4c(cc3[nH]c2=O)OCCO4)C(=S)NCC(C)C)c1. The van der Waals surface area contributed by atoms with Crippen LogP contribution in [-0.2, 0) is 13.0 Å². The van der Waals surface area contributed by atoms with Crippen LogP contribution in [0.3, 0.4) is 0 Å². The highest BCUT2D eigenvalue weighted by Gasteiger charge is 2.17. The molecule has 0 spiro atoms. The van der Waals surface area contributed by atoms with Gasteiger partial charge in [-0.1, -0.05) is 43.7 Å². The van der Waals surface area contributed by atoms with Crippen molar-refractivity contribution in [3.63, 3.8) is 0 Å². The molecular weight excluding hydrogens is 434 g/mol. The molecule has 2 N–H and O–H groups in total. The summed E-state index contributed by atoms with van der Waals surface area (Å²) in [5.74, 6) is 1.84. The van der Waals surface area contributed by atoms with Crippen molar-refractivity contribution in [2.24, 2.45) is 5.92 Å². The summed E-state index contributed by atoms with van der Waals surface area (Å²) < 4.78 is 11.4. The van der Waals surface area contributed by atoms with Crippen LogP contribution in [0.5, 0.6) is 11.5 Å². The summed E-state index contributed by atoms with van der Waals surface area (Å²) in [6.45, 7) is 9.35. The van der Waals surface area contributed by atoms with Crippen molar-refractivity contribution < 1.29 is 9.47 Å². The molecule has 174 valence electrons. The van der Waals surface area contributed by atoms with E-state index in [9.17, 15) is 4.79 Å². The molecule has 4 rings (SSSR count). The minimum Gasteiger partial charge on any atom is -0.486 e. The third-order valence-corrected chi connectivity index (χ3v) is 6.05. The molecule has 7 heteroatoms. The Morgan fingerprint density at radius 2 is 1.91 bits per heavy atom. The highest BCUT2D eigenvalue weighted by molar-refractivity contribution is 7.80. The van der Waals surface area contributed by atoms with Gasteiger partial charge < -0.3 is 24.7 Å². The molecule has 1 aliphatic rings. The van der Waals surface area contributed by atoms with Gasteiger partial charge in [0.25, 0.3) is 5.56 Å². The van der Waals surface area contributed by atoms with Crippen molar-refractivity contribution in [3.05, 3.63) is 69.5 Å². The van der Waals surface area contributed by atoms with E-state index < -0.39 is 0 Å². The Labute approximate surface area is 199 Å². The van der Waals surface area contributed by atoms with Gasteiger partial charge in [-0.25, -0.2) is 0 Å². The van der Waals surface area contributed by atoms with Crippen LogP contribution in [-0.4, -0.2) is 41.3 Å². The average molecular weight is 466 g/mol. The van der Waals surface area contributed by atoms with E-state index in [0.29, 0.717) is 54.4 Å². The van der Waals surface area contributed by atoms with E-state index in [4.69, 9.17) is 21.7 Å². The van der Waals surface area contributed by atoms with Crippen LogP contribution >= 0.6 is 12.2 Å². The number of nitrogens with zero attached hydrogens (tertiary/aromatic N) is 1. The second-order valence-corrected chi connectivity index (χ2v) is 9.33. The maximum absolute atomic E-state index is 12.9. The van der Waals surface area contributed by atoms with E-state index in [1.165, 1.54) is 11.1 Å². The molecule has 0 amide bonds. The second kappa shape index (κ2) is 10.3. The van der Waals surface area contributed by atoms with Crippen LogP contribution in [0, 0.1) is 12.8 Å². The van der Waals surface area contributed by atoms with Crippen LogP contribution in [0.15, 0.2) is 47.3 Å². The molecule has 0 bridgehead atoms. The number of rotatable bonds is 7. The fourth-order valence-corrected chi connectivity index (χ4v) is 4.14. The van der Waals surface area contributed by atoms with E-state index in [-0.39, 0.29) is 5.56 Å². The number of H-pyrrole nitrogens is 1. The largest absolute Gasteiger partial charge is 0.486 e. The Hall–Kier alpha value is -3.06. The first-order valence-corrected chi connectivity index (χ1v) is 11.8. The summed E-state index contributed by atoms with van der Waals surface area (Å²) in [4.78, 5) is 18.0. The molecule has 0 unspecified atom stereocenters. The minimum absolute atomic E-state index is 0.119. The Bertz CT molecular complexity index is 1210. The molecule has 0 radical (unpaired) electrons. The van der Waals surface area contributed by atoms with Crippen molar-refractivity contribution in [2.45, 2.75) is 33.7 Å². The van der Waals surface area contributed by atoms with Gasteiger partial charge in [0.2, 0.25) is 0 Å². The van der Waals surface area contributed by atoms with Crippen molar-refractivity contribution >= 4 is 28.2 Å². The molecule has 0 atom stereocenters. The van der Waals surface area contributed by atoms with E-state index >= 15 is 0 Å². The smallest absolute Gasteiger partial charge is 0.253 e. The van der Waals surface area contributed by atoms with E-state index in [2.05, 4.69) is 60.2 Å². The highest BCUT2D eigenvalue weighted by Crippen LogP contribution is 2.33. The van der Waals surface area contributed by atoms with Crippen LogP contribution in [0.1, 0.15) is 30.5 Å². The van der Waals surface area contributed by atoms with Gasteiger partial charge in [0, 0.05) is 30.1 Å². The zero-order valence-electron chi connectivity index (χ0n) is 19.4. The molecule has 2 aromatic carbocycles. The number of aromatic amines is 1. The maximum Gasteiger partial charge on any atom is 0.253 e. The first-order chi connectivity index (χ1) is 15.9. The number of nitrogens with one attached hydrogen (secondary N) is 2. The lowest BCUT2D eigenvalue weighted by Gasteiger charge is -2.27. The Morgan fingerprint density at radius 1 is 1.15 bits per heavy atom. The molecule has 0 saturated heterocycles. The van der Waals surface area contributed by atoms with Crippen molar-refractivity contribution in [2.75, 3.05) is 26.3 Å². The summed E-state index contributed by atoms with van der Waals surface area (Å²) in [5, 5.41) is 4.93. The third kappa shape index (κ3) is 5.85. The molecule has 1 aromatic heterocycles. The summed E-state index contributed by atoms with van der Waals surface area (Å²) in [6.07, 6.45) is 0.843. The quantitative estimate of drug-likeness (QED) is 0.510. The number of pyridine rings is 1. The summed E-state index contributed by atoms with van der Waals surface area (Å²) in [7, 11) is 0. The van der Waals surface area contributed by atoms with Gasteiger partial charge >= 0.3 is 0 Å². The van der Waals surface area contributed by atoms with Gasteiger partial charge in [-0.05, 0) is 49.2 Å². The molecule has 2 heterocycles. The number of benzene rings is 2. The van der Waals surface area contributed by atoms with Gasteiger partial charge in [-0.3, -0.25) is 4.79 Å². The fraction of sp³-hybridized carbons (Fsp3) is 0.385. The molecule has 0 saturated carbocycles. The van der Waals surface area contributed by atoms with E-state index in [1.807, 2.05) is 18.2 Å². The Morgan fingerprint density at radius 3 is 2.64 bits per heavy atom. The average Bonchev–Trinajstić information content (AvgIpc) is 2.79. The fourth-order valence-electron chi connectivity index (χ4n) is 3.90. The number of aryl methyl sites for hydroxylation is 1. The van der Waals surface area contributed by atoms with Crippen LogP contribution in [0.25, 0.3) is 10.9 Å². The van der Waals surface area contributed by atoms with Gasteiger partial charge in [0.15, 0.2) is 16.6 Å². The van der Waals surface area contributed by atoms with Crippen LogP contribution in [0.2, 0.25) is 0 Å². The molecule has 0 aliphatic carbocycles. The molecule has 1 aliphatic heterocycles. The molecule has 3 aromatic rings. The predicted molar refractivity (Wildman–Crippen MR) is 136 cm³/mol. The number of fused-ring (bicyclic) bond motifs is 2. The monoisotopic (exact) mass is 465 g/mol. The molecule has 33 heavy (non-hydrogen) atoms. The summed E-state index contributed by atoms with van der Waals surface area (Å²) in [5.41, 5.74) is 3.77. The number of hydrogen-bond acceptors (Lipinski definition) is 4. The van der Waals surface area contributed by atoms with Crippen LogP contribution in [0.4, 0.5) is 0 Å². The van der Waals surface area contributed by atoms with Gasteiger partial charge in [0.1, 0.15) is 13.2 Å². The van der Waals surface area contributed by atoms with E-state index in [0.717, 1.165) is 23.9 Å². The first-order valence-electron chi connectivity index (χ1n) is 11.4. The second-order valence-electron chi connectivity index (χ2n) is 8.95. The first kappa shape index (κ1) is 23.1.